The molecular weight excluding hydrogens is 302 g/mol. The third-order valence-corrected chi connectivity index (χ3v) is 3.24. The first-order valence-electron chi connectivity index (χ1n) is 6.93. The number of carbonyl (C=O) groups excluding carboxylic acids is 1. The Morgan fingerprint density at radius 1 is 1.41 bits per heavy atom. The summed E-state index contributed by atoms with van der Waals surface area (Å²) in [6, 6.07) is 9.30. The van der Waals surface area contributed by atoms with Crippen LogP contribution in [0.5, 0.6) is 5.75 Å². The van der Waals surface area contributed by atoms with Crippen LogP contribution in [0.25, 0.3) is 0 Å². The molecule has 0 radical (unpaired) electrons. The van der Waals surface area contributed by atoms with Gasteiger partial charge in [0.1, 0.15) is 5.75 Å². The number of hydrogen-bond donors (Lipinski definition) is 1. The number of carbonyl (C=O) groups is 1. The molecule has 0 spiro atoms. The van der Waals surface area contributed by atoms with Crippen LogP contribution in [-0.2, 0) is 4.79 Å². The summed E-state index contributed by atoms with van der Waals surface area (Å²) in [5.41, 5.74) is 3.33. The fourth-order valence-electron chi connectivity index (χ4n) is 1.74. The van der Waals surface area contributed by atoms with Crippen LogP contribution in [0.4, 0.5) is 0 Å². The average molecular weight is 320 g/mol. The largest absolute Gasteiger partial charge is 0.482 e. The minimum absolute atomic E-state index is 0.145. The standard InChI is InChI=1S/C16H18ClN3O2/c1-12(2)20-8-7-13(10-20)9-18-19-16(21)11-22-15-6-4-3-5-14(15)17/h3-10,12H,11H2,1-2H3,(H,19,21)/b18-9+. The maximum absolute atomic E-state index is 11.6. The van der Waals surface area contributed by atoms with E-state index in [2.05, 4.69) is 28.9 Å². The molecule has 0 aliphatic carbocycles. The molecule has 1 aromatic heterocycles. The summed E-state index contributed by atoms with van der Waals surface area (Å²) in [6.07, 6.45) is 5.52. The molecule has 2 aromatic rings. The van der Waals surface area contributed by atoms with Crippen molar-refractivity contribution < 1.29 is 9.53 Å². The molecule has 1 N–H and O–H groups in total. The maximum Gasteiger partial charge on any atom is 0.277 e. The normalized spacial score (nSPS) is 11.1. The lowest BCUT2D eigenvalue weighted by Crippen LogP contribution is -2.24. The summed E-state index contributed by atoms with van der Waals surface area (Å²) in [5, 5.41) is 4.36. The Balaban J connectivity index is 1.80. The molecule has 0 saturated heterocycles. The highest BCUT2D eigenvalue weighted by atomic mass is 35.5. The van der Waals surface area contributed by atoms with Crippen LogP contribution in [0.2, 0.25) is 5.02 Å². The van der Waals surface area contributed by atoms with Gasteiger partial charge in [-0.1, -0.05) is 23.7 Å². The number of ether oxygens (including phenoxy) is 1. The Hall–Kier alpha value is -2.27. The molecule has 116 valence electrons. The predicted molar refractivity (Wildman–Crippen MR) is 87.5 cm³/mol. The van der Waals surface area contributed by atoms with E-state index < -0.39 is 0 Å². The van der Waals surface area contributed by atoms with Gasteiger partial charge in [0.25, 0.3) is 5.91 Å². The van der Waals surface area contributed by atoms with Gasteiger partial charge < -0.3 is 9.30 Å². The summed E-state index contributed by atoms with van der Waals surface area (Å²) in [5.74, 6) is 0.122. The van der Waals surface area contributed by atoms with Crippen LogP contribution in [0.15, 0.2) is 47.8 Å². The molecule has 0 bridgehead atoms. The van der Waals surface area contributed by atoms with Crippen molar-refractivity contribution in [2.45, 2.75) is 19.9 Å². The number of hydrogen-bond acceptors (Lipinski definition) is 3. The van der Waals surface area contributed by atoms with Gasteiger partial charge in [-0.2, -0.15) is 5.10 Å². The van der Waals surface area contributed by atoms with Crippen molar-refractivity contribution in [1.82, 2.24) is 9.99 Å². The van der Waals surface area contributed by atoms with Crippen LogP contribution in [-0.4, -0.2) is 23.3 Å². The number of nitrogens with zero attached hydrogens (tertiary/aromatic N) is 2. The average Bonchev–Trinajstić information content (AvgIpc) is 2.95. The molecule has 5 nitrogen and oxygen atoms in total. The molecular formula is C16H18ClN3O2. The zero-order valence-corrected chi connectivity index (χ0v) is 13.2. The van der Waals surface area contributed by atoms with Gasteiger partial charge in [0.15, 0.2) is 6.61 Å². The molecule has 2 rings (SSSR count). The molecule has 1 aromatic carbocycles. The van der Waals surface area contributed by atoms with Crippen LogP contribution in [0, 0.1) is 0 Å². The molecule has 0 fully saturated rings. The Morgan fingerprint density at radius 2 is 2.18 bits per heavy atom. The zero-order valence-electron chi connectivity index (χ0n) is 12.5. The fraction of sp³-hybridized carbons (Fsp3) is 0.250. The lowest BCUT2D eigenvalue weighted by Gasteiger charge is -2.06. The third kappa shape index (κ3) is 4.63. The smallest absolute Gasteiger partial charge is 0.277 e. The van der Waals surface area contributed by atoms with Gasteiger partial charge in [0.05, 0.1) is 11.2 Å². The van der Waals surface area contributed by atoms with Gasteiger partial charge in [-0.3, -0.25) is 4.79 Å². The van der Waals surface area contributed by atoms with Crippen molar-refractivity contribution in [3.05, 3.63) is 53.3 Å². The number of para-hydroxylation sites is 1. The second kappa shape index (κ2) is 7.66. The van der Waals surface area contributed by atoms with Crippen molar-refractivity contribution in [2.75, 3.05) is 6.61 Å². The summed E-state index contributed by atoms with van der Waals surface area (Å²) >= 11 is 5.93. The predicted octanol–water partition coefficient (Wildman–Crippen LogP) is 3.25. The van der Waals surface area contributed by atoms with Gasteiger partial charge in [-0.15, -0.1) is 0 Å². The highest BCUT2D eigenvalue weighted by molar-refractivity contribution is 6.32. The number of amides is 1. The molecule has 0 aliphatic rings. The topological polar surface area (TPSA) is 55.6 Å². The molecule has 0 saturated carbocycles. The summed E-state index contributed by atoms with van der Waals surface area (Å²) in [6.45, 7) is 4.04. The van der Waals surface area contributed by atoms with Gasteiger partial charge in [0.2, 0.25) is 0 Å². The van der Waals surface area contributed by atoms with Crippen LogP contribution >= 0.6 is 11.6 Å². The van der Waals surface area contributed by atoms with Crippen molar-refractivity contribution in [3.8, 4) is 5.75 Å². The number of aromatic nitrogens is 1. The molecule has 0 aliphatic heterocycles. The monoisotopic (exact) mass is 319 g/mol. The number of benzene rings is 1. The van der Waals surface area contributed by atoms with E-state index in [1.165, 1.54) is 0 Å². The number of hydrazone groups is 1. The van der Waals surface area contributed by atoms with E-state index in [1.54, 1.807) is 30.5 Å². The highest BCUT2D eigenvalue weighted by Gasteiger charge is 2.04. The van der Waals surface area contributed by atoms with Gasteiger partial charge in [-0.25, -0.2) is 5.43 Å². The molecule has 1 amide bonds. The van der Waals surface area contributed by atoms with Crippen LogP contribution in [0.1, 0.15) is 25.5 Å². The number of rotatable bonds is 6. The zero-order chi connectivity index (χ0) is 15.9. The molecule has 0 unspecified atom stereocenters. The van der Waals surface area contributed by atoms with Crippen molar-refractivity contribution in [3.63, 3.8) is 0 Å². The highest BCUT2D eigenvalue weighted by Crippen LogP contribution is 2.22. The quantitative estimate of drug-likeness (QED) is 0.656. The summed E-state index contributed by atoms with van der Waals surface area (Å²) in [4.78, 5) is 11.6. The molecule has 1 heterocycles. The van der Waals surface area contributed by atoms with Crippen molar-refractivity contribution >= 4 is 23.7 Å². The Kier molecular flexibility index (Phi) is 5.61. The molecule has 6 heteroatoms. The van der Waals surface area contributed by atoms with Gasteiger partial charge >= 0.3 is 0 Å². The first-order chi connectivity index (χ1) is 10.6. The Bertz CT molecular complexity index is 665. The van der Waals surface area contributed by atoms with E-state index in [0.717, 1.165) is 5.56 Å². The van der Waals surface area contributed by atoms with E-state index >= 15 is 0 Å². The first kappa shape index (κ1) is 16.1. The van der Waals surface area contributed by atoms with Gasteiger partial charge in [-0.05, 0) is 32.0 Å². The second-order valence-corrected chi connectivity index (χ2v) is 5.41. The van der Waals surface area contributed by atoms with Crippen LogP contribution < -0.4 is 10.2 Å². The third-order valence-electron chi connectivity index (χ3n) is 2.93. The van der Waals surface area contributed by atoms with E-state index in [9.17, 15) is 4.79 Å². The number of halogens is 1. The number of nitrogens with one attached hydrogen (secondary N) is 1. The van der Waals surface area contributed by atoms with Gasteiger partial charge in [0, 0.05) is 24.0 Å². The minimum Gasteiger partial charge on any atom is -0.482 e. The van der Waals surface area contributed by atoms with E-state index in [0.29, 0.717) is 16.8 Å². The second-order valence-electron chi connectivity index (χ2n) is 5.00. The Morgan fingerprint density at radius 3 is 2.86 bits per heavy atom. The fourth-order valence-corrected chi connectivity index (χ4v) is 1.93. The summed E-state index contributed by atoms with van der Waals surface area (Å²) < 4.78 is 7.37. The van der Waals surface area contributed by atoms with Crippen molar-refractivity contribution in [1.29, 1.82) is 0 Å². The lowest BCUT2D eigenvalue weighted by molar-refractivity contribution is -0.123. The summed E-state index contributed by atoms with van der Waals surface area (Å²) in [7, 11) is 0. The van der Waals surface area contributed by atoms with Crippen molar-refractivity contribution in [2.24, 2.45) is 5.10 Å². The SMILES string of the molecule is CC(C)n1ccc(/C=N/NC(=O)COc2ccccc2Cl)c1. The maximum atomic E-state index is 11.6. The molecule has 0 atom stereocenters. The van der Waals surface area contributed by atoms with E-state index in [4.69, 9.17) is 16.3 Å². The van der Waals surface area contributed by atoms with Crippen LogP contribution in [0.3, 0.4) is 0 Å². The molecule has 22 heavy (non-hydrogen) atoms. The lowest BCUT2D eigenvalue weighted by atomic mass is 10.3. The Labute approximate surface area is 134 Å². The van der Waals surface area contributed by atoms with E-state index in [-0.39, 0.29) is 12.5 Å². The van der Waals surface area contributed by atoms with E-state index in [1.807, 2.05) is 18.5 Å². The minimum atomic E-state index is -0.348. The first-order valence-corrected chi connectivity index (χ1v) is 7.31.